The van der Waals surface area contributed by atoms with E-state index in [1.54, 1.807) is 13.3 Å². The number of methoxy groups -OCH3 is 1. The van der Waals surface area contributed by atoms with Crippen LogP contribution >= 0.6 is 11.8 Å². The fraction of sp³-hybridized carbons (Fsp3) is 0.238. The molecular formula is C21H23N5O2S. The molecule has 0 atom stereocenters. The molecule has 8 heteroatoms. The predicted molar refractivity (Wildman–Crippen MR) is 115 cm³/mol. The van der Waals surface area contributed by atoms with Gasteiger partial charge in [0.05, 0.1) is 19.1 Å². The number of amides is 1. The van der Waals surface area contributed by atoms with Gasteiger partial charge in [-0.25, -0.2) is 5.43 Å². The zero-order valence-electron chi connectivity index (χ0n) is 16.6. The van der Waals surface area contributed by atoms with Crippen LogP contribution in [0.4, 0.5) is 0 Å². The Hall–Kier alpha value is -3.13. The Morgan fingerprint density at radius 3 is 2.76 bits per heavy atom. The van der Waals surface area contributed by atoms with E-state index in [0.29, 0.717) is 11.7 Å². The maximum atomic E-state index is 12.1. The second-order valence-corrected chi connectivity index (χ2v) is 7.22. The van der Waals surface area contributed by atoms with Crippen LogP contribution in [0, 0.1) is 6.92 Å². The average molecular weight is 410 g/mol. The summed E-state index contributed by atoms with van der Waals surface area (Å²) in [5.74, 6) is 1.52. The summed E-state index contributed by atoms with van der Waals surface area (Å²) < 4.78 is 7.17. The van der Waals surface area contributed by atoms with Crippen LogP contribution in [-0.4, -0.2) is 39.7 Å². The van der Waals surface area contributed by atoms with E-state index >= 15 is 0 Å². The summed E-state index contributed by atoms with van der Waals surface area (Å²) in [5.41, 5.74) is 5.57. The minimum absolute atomic E-state index is 0.196. The van der Waals surface area contributed by atoms with Crippen LogP contribution in [0.2, 0.25) is 0 Å². The van der Waals surface area contributed by atoms with Crippen molar-refractivity contribution in [1.29, 1.82) is 0 Å². The second kappa shape index (κ2) is 9.88. The first-order chi connectivity index (χ1) is 14.1. The van der Waals surface area contributed by atoms with Crippen LogP contribution < -0.4 is 10.2 Å². The minimum Gasteiger partial charge on any atom is -0.497 e. The Morgan fingerprint density at radius 1 is 1.24 bits per heavy atom. The number of hydrogen-bond acceptors (Lipinski definition) is 6. The van der Waals surface area contributed by atoms with E-state index in [1.165, 1.54) is 17.3 Å². The maximum absolute atomic E-state index is 12.1. The largest absolute Gasteiger partial charge is 0.497 e. The van der Waals surface area contributed by atoms with E-state index in [9.17, 15) is 4.79 Å². The highest BCUT2D eigenvalue weighted by atomic mass is 32.2. The van der Waals surface area contributed by atoms with E-state index in [0.717, 1.165) is 22.7 Å². The van der Waals surface area contributed by atoms with E-state index in [1.807, 2.05) is 66.9 Å². The van der Waals surface area contributed by atoms with Crippen molar-refractivity contribution in [2.75, 3.05) is 12.9 Å². The van der Waals surface area contributed by atoms with Gasteiger partial charge in [0, 0.05) is 12.1 Å². The average Bonchev–Trinajstić information content (AvgIpc) is 3.16. The van der Waals surface area contributed by atoms with Gasteiger partial charge in [0.2, 0.25) is 0 Å². The highest BCUT2D eigenvalue weighted by Crippen LogP contribution is 2.24. The minimum atomic E-state index is -0.211. The van der Waals surface area contributed by atoms with E-state index in [-0.39, 0.29) is 11.7 Å². The number of ether oxygens (including phenoxy) is 1. The van der Waals surface area contributed by atoms with E-state index in [4.69, 9.17) is 4.74 Å². The molecule has 3 aromatic rings. The molecule has 1 N–H and O–H groups in total. The Morgan fingerprint density at radius 2 is 2.03 bits per heavy atom. The molecule has 3 rings (SSSR count). The molecule has 7 nitrogen and oxygen atoms in total. The molecule has 1 aromatic heterocycles. The first-order valence-electron chi connectivity index (χ1n) is 9.19. The fourth-order valence-corrected chi connectivity index (χ4v) is 3.45. The van der Waals surface area contributed by atoms with Crippen LogP contribution in [0.25, 0.3) is 11.4 Å². The van der Waals surface area contributed by atoms with Crippen LogP contribution in [0.15, 0.2) is 58.8 Å². The van der Waals surface area contributed by atoms with Gasteiger partial charge in [-0.3, -0.25) is 4.79 Å². The molecule has 0 saturated carbocycles. The van der Waals surface area contributed by atoms with Crippen molar-refractivity contribution in [2.45, 2.75) is 25.5 Å². The third kappa shape index (κ3) is 5.45. The number of nitrogens with one attached hydrogen (secondary N) is 1. The van der Waals surface area contributed by atoms with Gasteiger partial charge in [0.25, 0.3) is 5.91 Å². The first kappa shape index (κ1) is 20.6. The molecule has 0 aliphatic rings. The molecule has 0 spiro atoms. The summed E-state index contributed by atoms with van der Waals surface area (Å²) in [6, 6.07) is 15.6. The molecule has 150 valence electrons. The normalized spacial score (nSPS) is 11.0. The van der Waals surface area contributed by atoms with Crippen LogP contribution in [0.5, 0.6) is 5.75 Å². The lowest BCUT2D eigenvalue weighted by Gasteiger charge is -2.07. The third-order valence-corrected chi connectivity index (χ3v) is 5.14. The van der Waals surface area contributed by atoms with E-state index in [2.05, 4.69) is 20.7 Å². The fourth-order valence-electron chi connectivity index (χ4n) is 2.66. The van der Waals surface area contributed by atoms with Crippen molar-refractivity contribution in [3.8, 4) is 17.1 Å². The second-order valence-electron chi connectivity index (χ2n) is 6.27. The summed E-state index contributed by atoms with van der Waals surface area (Å²) in [5, 5.41) is 13.3. The van der Waals surface area contributed by atoms with Crippen molar-refractivity contribution in [1.82, 2.24) is 20.2 Å². The summed E-state index contributed by atoms with van der Waals surface area (Å²) in [7, 11) is 1.61. The summed E-state index contributed by atoms with van der Waals surface area (Å²) in [6.45, 7) is 4.79. The zero-order chi connectivity index (χ0) is 20.6. The molecule has 0 aliphatic carbocycles. The first-order valence-corrected chi connectivity index (χ1v) is 10.2. The molecule has 0 fully saturated rings. The summed E-state index contributed by atoms with van der Waals surface area (Å²) in [4.78, 5) is 12.1. The quantitative estimate of drug-likeness (QED) is 0.350. The van der Waals surface area contributed by atoms with Gasteiger partial charge in [0.15, 0.2) is 11.0 Å². The predicted octanol–water partition coefficient (Wildman–Crippen LogP) is 3.52. The van der Waals surface area contributed by atoms with Crippen LogP contribution in [-0.2, 0) is 11.3 Å². The zero-order valence-corrected chi connectivity index (χ0v) is 17.4. The van der Waals surface area contributed by atoms with Gasteiger partial charge < -0.3 is 9.30 Å². The molecule has 2 aromatic carbocycles. The number of aryl methyl sites for hydroxylation is 1. The van der Waals surface area contributed by atoms with Crippen molar-refractivity contribution >= 4 is 23.9 Å². The number of thioether (sulfide) groups is 1. The smallest absolute Gasteiger partial charge is 0.250 e. The van der Waals surface area contributed by atoms with Gasteiger partial charge in [0.1, 0.15) is 5.75 Å². The monoisotopic (exact) mass is 409 g/mol. The van der Waals surface area contributed by atoms with Crippen LogP contribution in [0.1, 0.15) is 18.1 Å². The van der Waals surface area contributed by atoms with Crippen LogP contribution in [0.3, 0.4) is 0 Å². The summed E-state index contributed by atoms with van der Waals surface area (Å²) >= 11 is 1.33. The lowest BCUT2D eigenvalue weighted by Crippen LogP contribution is -2.20. The molecule has 1 heterocycles. The molecular weight excluding hydrogens is 386 g/mol. The van der Waals surface area contributed by atoms with Gasteiger partial charge in [-0.2, -0.15) is 5.10 Å². The molecule has 0 unspecified atom stereocenters. The number of nitrogens with zero attached hydrogens (tertiary/aromatic N) is 4. The highest BCUT2D eigenvalue weighted by molar-refractivity contribution is 7.99. The number of aromatic nitrogens is 3. The lowest BCUT2D eigenvalue weighted by molar-refractivity contribution is -0.118. The molecule has 0 saturated heterocycles. The number of benzene rings is 2. The number of hydrogen-bond donors (Lipinski definition) is 1. The topological polar surface area (TPSA) is 81.4 Å². The molecule has 0 radical (unpaired) electrons. The molecule has 1 amide bonds. The van der Waals surface area contributed by atoms with Crippen molar-refractivity contribution in [3.63, 3.8) is 0 Å². The Kier molecular flexibility index (Phi) is 7.02. The maximum Gasteiger partial charge on any atom is 0.250 e. The Labute approximate surface area is 174 Å². The molecule has 0 aliphatic heterocycles. The third-order valence-electron chi connectivity index (χ3n) is 4.17. The summed E-state index contributed by atoms with van der Waals surface area (Å²) in [6.07, 6.45) is 1.58. The Balaban J connectivity index is 1.58. The van der Waals surface area contributed by atoms with Gasteiger partial charge >= 0.3 is 0 Å². The van der Waals surface area contributed by atoms with E-state index < -0.39 is 0 Å². The van der Waals surface area contributed by atoms with Crippen molar-refractivity contribution in [2.24, 2.45) is 5.10 Å². The van der Waals surface area contributed by atoms with Gasteiger partial charge in [-0.15, -0.1) is 10.2 Å². The number of rotatable bonds is 8. The van der Waals surface area contributed by atoms with Crippen molar-refractivity contribution < 1.29 is 9.53 Å². The SMILES string of the molecule is CCn1c(SCC(=O)NN=Cc2cccc(OC)c2)nnc1-c1ccc(C)cc1. The lowest BCUT2D eigenvalue weighted by atomic mass is 10.1. The molecule has 29 heavy (non-hydrogen) atoms. The van der Waals surface area contributed by atoms with Crippen molar-refractivity contribution in [3.05, 3.63) is 59.7 Å². The number of carbonyl (C=O) groups is 1. The highest BCUT2D eigenvalue weighted by Gasteiger charge is 2.14. The Bertz CT molecular complexity index is 999. The number of hydrazone groups is 1. The molecule has 0 bridgehead atoms. The number of carbonyl (C=O) groups excluding carboxylic acids is 1. The van der Waals surface area contributed by atoms with Gasteiger partial charge in [-0.1, -0.05) is 53.7 Å². The standard InChI is InChI=1S/C21H23N5O2S/c1-4-26-20(17-10-8-15(2)9-11-17)24-25-21(26)29-14-19(27)23-22-13-16-6-5-7-18(12-16)28-3/h5-13H,4,14H2,1-3H3,(H,23,27). The van der Waals surface area contributed by atoms with Gasteiger partial charge in [-0.05, 0) is 31.5 Å².